The van der Waals surface area contributed by atoms with E-state index in [0.717, 1.165) is 19.5 Å². The summed E-state index contributed by atoms with van der Waals surface area (Å²) in [5, 5.41) is 0. The van der Waals surface area contributed by atoms with E-state index in [2.05, 4.69) is 17.1 Å². The third kappa shape index (κ3) is 1.13. The van der Waals surface area contributed by atoms with Gasteiger partial charge in [-0.25, -0.2) is 0 Å². The summed E-state index contributed by atoms with van der Waals surface area (Å²) >= 11 is 0. The molecule has 3 atom stereocenters. The van der Waals surface area contributed by atoms with Crippen molar-refractivity contribution in [2.24, 2.45) is 17.8 Å². The number of piperidine rings is 1. The van der Waals surface area contributed by atoms with Crippen molar-refractivity contribution in [3.05, 3.63) is 12.2 Å². The summed E-state index contributed by atoms with van der Waals surface area (Å²) in [5.74, 6) is 2.02. The molecule has 0 aromatic carbocycles. The Morgan fingerprint density at radius 1 is 1.29 bits per heavy atom. The highest BCUT2D eigenvalue weighted by Gasteiger charge is 2.42. The Labute approximate surface area is 85.0 Å². The van der Waals surface area contributed by atoms with Gasteiger partial charge in [0.25, 0.3) is 0 Å². The van der Waals surface area contributed by atoms with E-state index in [1.807, 2.05) is 0 Å². The smallest absolute Gasteiger partial charge is 0.226 e. The molecule has 0 saturated carbocycles. The standard InChI is InChI=1S/C12H17NO/c14-12-11-9-3-1-4-10(11)6-8-13(12)7-2-5-9/h1,3,9-11H,2,4-8H2/t9-,10-,11+/m0/s1. The number of carbonyl (C=O) groups is 1. The topological polar surface area (TPSA) is 20.3 Å². The molecule has 2 fully saturated rings. The van der Waals surface area contributed by atoms with Crippen LogP contribution in [0.15, 0.2) is 12.2 Å². The molecule has 2 heteroatoms. The minimum Gasteiger partial charge on any atom is -0.342 e. The number of fused-ring (bicyclic) bond motifs is 1. The number of rotatable bonds is 0. The molecule has 0 N–H and O–H groups in total. The molecule has 14 heavy (non-hydrogen) atoms. The van der Waals surface area contributed by atoms with Crippen molar-refractivity contribution in [1.29, 1.82) is 0 Å². The Bertz CT molecular complexity index is 284. The van der Waals surface area contributed by atoms with E-state index in [4.69, 9.17) is 0 Å². The summed E-state index contributed by atoms with van der Waals surface area (Å²) < 4.78 is 0. The fourth-order valence-corrected chi connectivity index (χ4v) is 3.38. The van der Waals surface area contributed by atoms with Crippen LogP contribution >= 0.6 is 0 Å². The number of allylic oxidation sites excluding steroid dienone is 2. The van der Waals surface area contributed by atoms with Crippen LogP contribution in [0.5, 0.6) is 0 Å². The van der Waals surface area contributed by atoms with E-state index < -0.39 is 0 Å². The normalized spacial score (nSPS) is 41.0. The summed E-state index contributed by atoms with van der Waals surface area (Å²) in [6.07, 6.45) is 9.40. The monoisotopic (exact) mass is 191 g/mol. The minimum atomic E-state index is 0.344. The molecule has 0 spiro atoms. The second-order valence-electron chi connectivity index (χ2n) is 4.87. The Morgan fingerprint density at radius 2 is 2.21 bits per heavy atom. The van der Waals surface area contributed by atoms with Crippen LogP contribution in [0.1, 0.15) is 25.7 Å². The van der Waals surface area contributed by atoms with E-state index in [1.54, 1.807) is 0 Å². The van der Waals surface area contributed by atoms with E-state index in [-0.39, 0.29) is 0 Å². The lowest BCUT2D eigenvalue weighted by atomic mass is 9.71. The maximum atomic E-state index is 12.1. The van der Waals surface area contributed by atoms with Gasteiger partial charge in [0, 0.05) is 19.0 Å². The van der Waals surface area contributed by atoms with Crippen LogP contribution in [-0.4, -0.2) is 23.9 Å². The van der Waals surface area contributed by atoms with Crippen LogP contribution in [0.4, 0.5) is 0 Å². The van der Waals surface area contributed by atoms with Crippen molar-refractivity contribution in [2.75, 3.05) is 13.1 Å². The summed E-state index contributed by atoms with van der Waals surface area (Å²) in [5.41, 5.74) is 0. The summed E-state index contributed by atoms with van der Waals surface area (Å²) in [6, 6.07) is 0. The maximum absolute atomic E-state index is 12.1. The summed E-state index contributed by atoms with van der Waals surface area (Å²) in [7, 11) is 0. The zero-order chi connectivity index (χ0) is 9.54. The van der Waals surface area contributed by atoms with Gasteiger partial charge in [0.1, 0.15) is 0 Å². The van der Waals surface area contributed by atoms with Gasteiger partial charge in [-0.2, -0.15) is 0 Å². The van der Waals surface area contributed by atoms with Crippen LogP contribution in [0.25, 0.3) is 0 Å². The van der Waals surface area contributed by atoms with Crippen molar-refractivity contribution < 1.29 is 4.79 Å². The molecule has 1 amide bonds. The number of amides is 1. The molecular formula is C12H17NO. The maximum Gasteiger partial charge on any atom is 0.226 e. The third-order valence-electron chi connectivity index (χ3n) is 4.12. The average molecular weight is 191 g/mol. The highest BCUT2D eigenvalue weighted by Crippen LogP contribution is 2.41. The van der Waals surface area contributed by atoms with Gasteiger partial charge in [-0.1, -0.05) is 12.2 Å². The first kappa shape index (κ1) is 8.51. The number of hydrogen-bond donors (Lipinski definition) is 0. The Hall–Kier alpha value is -0.790. The second-order valence-corrected chi connectivity index (χ2v) is 4.87. The SMILES string of the molecule is O=C1[C@H]2[C@H]3CC=C[C@H]2CCCN1CC3. The van der Waals surface area contributed by atoms with Gasteiger partial charge in [-0.3, -0.25) is 4.79 Å². The fourth-order valence-electron chi connectivity index (χ4n) is 3.38. The molecule has 0 aromatic rings. The number of hydrogen-bond acceptors (Lipinski definition) is 1. The summed E-state index contributed by atoms with van der Waals surface area (Å²) in [6.45, 7) is 2.02. The van der Waals surface area contributed by atoms with E-state index in [9.17, 15) is 4.79 Å². The van der Waals surface area contributed by atoms with E-state index in [1.165, 1.54) is 19.3 Å². The van der Waals surface area contributed by atoms with Gasteiger partial charge in [0.05, 0.1) is 0 Å². The number of carbonyl (C=O) groups excluding carboxylic acids is 1. The lowest BCUT2D eigenvalue weighted by molar-refractivity contribution is -0.141. The van der Waals surface area contributed by atoms with E-state index >= 15 is 0 Å². The largest absolute Gasteiger partial charge is 0.342 e. The van der Waals surface area contributed by atoms with Crippen LogP contribution in [0, 0.1) is 17.8 Å². The molecule has 76 valence electrons. The van der Waals surface area contributed by atoms with Crippen molar-refractivity contribution >= 4 is 5.91 Å². The minimum absolute atomic E-state index is 0.344. The highest BCUT2D eigenvalue weighted by molar-refractivity contribution is 5.81. The molecule has 2 bridgehead atoms. The Kier molecular flexibility index (Phi) is 1.89. The van der Waals surface area contributed by atoms with Crippen LogP contribution in [-0.2, 0) is 4.79 Å². The van der Waals surface area contributed by atoms with Crippen LogP contribution in [0.2, 0.25) is 0 Å². The lowest BCUT2D eigenvalue weighted by Gasteiger charge is -2.39. The molecule has 0 unspecified atom stereocenters. The fraction of sp³-hybridized carbons (Fsp3) is 0.750. The predicted molar refractivity (Wildman–Crippen MR) is 54.7 cm³/mol. The van der Waals surface area contributed by atoms with Gasteiger partial charge in [0.2, 0.25) is 5.91 Å². The van der Waals surface area contributed by atoms with Crippen molar-refractivity contribution in [3.8, 4) is 0 Å². The molecular weight excluding hydrogens is 174 g/mol. The molecule has 3 rings (SSSR count). The lowest BCUT2D eigenvalue weighted by Crippen LogP contribution is -2.47. The second kappa shape index (κ2) is 3.11. The molecule has 2 nitrogen and oxygen atoms in total. The molecule has 3 aliphatic rings. The number of nitrogens with zero attached hydrogens (tertiary/aromatic N) is 1. The first-order valence-electron chi connectivity index (χ1n) is 5.82. The summed E-state index contributed by atoms with van der Waals surface area (Å²) in [4.78, 5) is 14.2. The van der Waals surface area contributed by atoms with Crippen molar-refractivity contribution in [1.82, 2.24) is 4.90 Å². The van der Waals surface area contributed by atoms with E-state index in [0.29, 0.717) is 23.7 Å². The molecule has 1 aliphatic carbocycles. The first-order chi connectivity index (χ1) is 6.86. The molecule has 0 aromatic heterocycles. The zero-order valence-corrected chi connectivity index (χ0v) is 8.48. The van der Waals surface area contributed by atoms with Crippen LogP contribution < -0.4 is 0 Å². The molecule has 2 heterocycles. The quantitative estimate of drug-likeness (QED) is 0.535. The van der Waals surface area contributed by atoms with Crippen molar-refractivity contribution in [2.45, 2.75) is 25.7 Å². The van der Waals surface area contributed by atoms with Gasteiger partial charge in [-0.05, 0) is 37.5 Å². The van der Waals surface area contributed by atoms with Crippen LogP contribution in [0.3, 0.4) is 0 Å². The van der Waals surface area contributed by atoms with Crippen molar-refractivity contribution in [3.63, 3.8) is 0 Å². The molecule has 0 radical (unpaired) electrons. The van der Waals surface area contributed by atoms with Gasteiger partial charge in [0.15, 0.2) is 0 Å². The van der Waals surface area contributed by atoms with Gasteiger partial charge >= 0.3 is 0 Å². The zero-order valence-electron chi connectivity index (χ0n) is 8.48. The first-order valence-corrected chi connectivity index (χ1v) is 5.82. The van der Waals surface area contributed by atoms with Gasteiger partial charge in [-0.15, -0.1) is 0 Å². The third-order valence-corrected chi connectivity index (χ3v) is 4.12. The highest BCUT2D eigenvalue weighted by atomic mass is 16.2. The van der Waals surface area contributed by atoms with Gasteiger partial charge < -0.3 is 4.90 Å². The Morgan fingerprint density at radius 3 is 3.14 bits per heavy atom. The Balaban J connectivity index is 1.98. The molecule has 2 saturated heterocycles. The molecule has 2 aliphatic heterocycles. The predicted octanol–water partition coefficient (Wildman–Crippen LogP) is 1.82. The average Bonchev–Trinajstić information content (AvgIpc) is 2.33.